The number of unbranched alkanes of at least 4 members (excludes halogenated alkanes) is 1. The van der Waals surface area contributed by atoms with Crippen LogP contribution in [0.2, 0.25) is 0 Å². The fraction of sp³-hybridized carbons (Fsp3) is 0.667. The summed E-state index contributed by atoms with van der Waals surface area (Å²) < 4.78 is 2.68. The molecule has 0 aliphatic rings. The van der Waals surface area contributed by atoms with Crippen molar-refractivity contribution < 1.29 is 0 Å². The molecule has 1 aromatic heterocycles. The number of hydrogen-bond donors (Lipinski definition) is 0. The van der Waals surface area contributed by atoms with E-state index in [2.05, 4.69) is 41.9 Å². The van der Waals surface area contributed by atoms with Gasteiger partial charge in [-0.25, -0.2) is 0 Å². The van der Waals surface area contributed by atoms with Crippen LogP contribution in [-0.2, 0) is 0 Å². The molecule has 0 aliphatic carbocycles. The van der Waals surface area contributed by atoms with Gasteiger partial charge in [-0.1, -0.05) is 33.1 Å². The lowest BCUT2D eigenvalue weighted by atomic mass is 10.0. The monoisotopic (exact) mass is 306 g/mol. The Morgan fingerprint density at radius 1 is 1.40 bits per heavy atom. The minimum absolute atomic E-state index is 0.899. The molecular weight excluding hydrogens is 288 g/mol. The number of halogens is 1. The molecule has 1 heterocycles. The second kappa shape index (κ2) is 7.75. The topological polar surface area (TPSA) is 0 Å². The van der Waals surface area contributed by atoms with E-state index in [1.807, 2.05) is 23.1 Å². The maximum absolute atomic E-state index is 3.50. The van der Waals surface area contributed by atoms with Gasteiger partial charge in [-0.2, -0.15) is 0 Å². The smallest absolute Gasteiger partial charge is 0.0710 e. The third-order valence-electron chi connectivity index (χ3n) is 2.55. The Kier molecular flexibility index (Phi) is 7.02. The maximum Gasteiger partial charge on any atom is 0.0710 e. The van der Waals surface area contributed by atoms with Gasteiger partial charge in [-0.3, -0.25) is 0 Å². The molecule has 0 N–H and O–H groups in total. The second-order valence-electron chi connectivity index (χ2n) is 3.79. The van der Waals surface area contributed by atoms with E-state index in [0.717, 1.165) is 5.92 Å². The highest BCUT2D eigenvalue weighted by molar-refractivity contribution is 9.11. The Bertz CT molecular complexity index is 270. The molecule has 0 saturated carbocycles. The molecule has 0 bridgehead atoms. The van der Waals surface area contributed by atoms with Gasteiger partial charge in [-0.15, -0.1) is 23.1 Å². The van der Waals surface area contributed by atoms with Crippen LogP contribution in [0.3, 0.4) is 0 Å². The minimum Gasteiger partial charge on any atom is -0.122 e. The molecule has 1 aromatic rings. The summed E-state index contributed by atoms with van der Waals surface area (Å²) in [5.41, 5.74) is 0. The molecule has 1 unspecified atom stereocenters. The summed E-state index contributed by atoms with van der Waals surface area (Å²) in [6.07, 6.45) is 5.42. The van der Waals surface area contributed by atoms with Crippen LogP contribution in [0.25, 0.3) is 0 Å². The lowest BCUT2D eigenvalue weighted by Gasteiger charge is -2.12. The predicted molar refractivity (Wildman–Crippen MR) is 76.0 cm³/mol. The Morgan fingerprint density at radius 3 is 2.73 bits per heavy atom. The molecule has 0 aliphatic heterocycles. The first kappa shape index (κ1) is 13.6. The first-order chi connectivity index (χ1) is 7.26. The molecule has 0 amide bonds. The molecule has 0 fully saturated rings. The quantitative estimate of drug-likeness (QED) is 0.572. The van der Waals surface area contributed by atoms with E-state index in [0.29, 0.717) is 0 Å². The zero-order valence-corrected chi connectivity index (χ0v) is 12.7. The Labute approximate surface area is 110 Å². The van der Waals surface area contributed by atoms with Crippen LogP contribution < -0.4 is 0 Å². The second-order valence-corrected chi connectivity index (χ2v) is 7.57. The number of thioether (sulfide) groups is 1. The van der Waals surface area contributed by atoms with E-state index in [4.69, 9.17) is 0 Å². The van der Waals surface area contributed by atoms with Gasteiger partial charge in [0.2, 0.25) is 0 Å². The van der Waals surface area contributed by atoms with Crippen molar-refractivity contribution in [3.63, 3.8) is 0 Å². The Morgan fingerprint density at radius 2 is 2.20 bits per heavy atom. The van der Waals surface area contributed by atoms with Crippen molar-refractivity contribution in [1.29, 1.82) is 0 Å². The standard InChI is InChI=1S/C12H19BrS2/c1-3-5-6-10(4-2)9-14-12-8-7-11(13)15-12/h7-8,10H,3-6,9H2,1-2H3. The summed E-state index contributed by atoms with van der Waals surface area (Å²) in [4.78, 5) is 0. The average Bonchev–Trinajstić information content (AvgIpc) is 2.65. The number of rotatable bonds is 7. The summed E-state index contributed by atoms with van der Waals surface area (Å²) in [5, 5.41) is 0. The third-order valence-corrected chi connectivity index (χ3v) is 5.63. The van der Waals surface area contributed by atoms with Gasteiger partial charge in [0.05, 0.1) is 8.00 Å². The van der Waals surface area contributed by atoms with Crippen molar-refractivity contribution in [3.8, 4) is 0 Å². The summed E-state index contributed by atoms with van der Waals surface area (Å²) in [7, 11) is 0. The van der Waals surface area contributed by atoms with E-state index in [1.54, 1.807) is 0 Å². The van der Waals surface area contributed by atoms with Crippen LogP contribution in [0.5, 0.6) is 0 Å². The molecule has 1 atom stereocenters. The van der Waals surface area contributed by atoms with Gasteiger partial charge in [0.15, 0.2) is 0 Å². The summed E-state index contributed by atoms with van der Waals surface area (Å²) in [6, 6.07) is 4.35. The Balaban J connectivity index is 2.27. The molecule has 0 radical (unpaired) electrons. The third kappa shape index (κ3) is 5.41. The predicted octanol–water partition coefficient (Wildman–Crippen LogP) is 5.82. The molecular formula is C12H19BrS2. The molecule has 0 spiro atoms. The van der Waals surface area contributed by atoms with Crippen molar-refractivity contribution in [2.45, 2.75) is 43.7 Å². The first-order valence-electron chi connectivity index (χ1n) is 5.64. The van der Waals surface area contributed by atoms with Crippen molar-refractivity contribution >= 4 is 39.0 Å². The summed E-state index contributed by atoms with van der Waals surface area (Å²) >= 11 is 7.36. The Hall–Kier alpha value is 0.530. The maximum atomic E-state index is 3.50. The molecule has 86 valence electrons. The van der Waals surface area contributed by atoms with Gasteiger partial charge in [0.1, 0.15) is 0 Å². The summed E-state index contributed by atoms with van der Waals surface area (Å²) in [5.74, 6) is 2.18. The van der Waals surface area contributed by atoms with E-state index < -0.39 is 0 Å². The fourth-order valence-electron chi connectivity index (χ4n) is 1.47. The number of hydrogen-bond acceptors (Lipinski definition) is 2. The van der Waals surface area contributed by atoms with Crippen molar-refractivity contribution in [3.05, 3.63) is 15.9 Å². The van der Waals surface area contributed by atoms with Crippen LogP contribution in [0.4, 0.5) is 0 Å². The highest BCUT2D eigenvalue weighted by Gasteiger charge is 2.07. The van der Waals surface area contributed by atoms with E-state index in [1.165, 1.54) is 39.4 Å². The summed E-state index contributed by atoms with van der Waals surface area (Å²) in [6.45, 7) is 4.58. The molecule has 0 saturated heterocycles. The molecule has 3 heteroatoms. The van der Waals surface area contributed by atoms with Crippen LogP contribution >= 0.6 is 39.0 Å². The normalized spacial score (nSPS) is 13.0. The van der Waals surface area contributed by atoms with Crippen molar-refractivity contribution in [2.24, 2.45) is 5.92 Å². The molecule has 0 aromatic carbocycles. The SMILES string of the molecule is CCCCC(CC)CSc1ccc(Br)s1. The van der Waals surface area contributed by atoms with Crippen molar-refractivity contribution in [1.82, 2.24) is 0 Å². The fourth-order valence-corrected chi connectivity index (χ4v) is 4.59. The first-order valence-corrected chi connectivity index (χ1v) is 8.23. The highest BCUT2D eigenvalue weighted by atomic mass is 79.9. The van der Waals surface area contributed by atoms with Crippen LogP contribution in [0.15, 0.2) is 20.1 Å². The highest BCUT2D eigenvalue weighted by Crippen LogP contribution is 2.32. The van der Waals surface area contributed by atoms with E-state index >= 15 is 0 Å². The van der Waals surface area contributed by atoms with Gasteiger partial charge in [0.25, 0.3) is 0 Å². The zero-order valence-electron chi connectivity index (χ0n) is 9.46. The van der Waals surface area contributed by atoms with Crippen molar-refractivity contribution in [2.75, 3.05) is 5.75 Å². The van der Waals surface area contributed by atoms with Crippen LogP contribution in [0.1, 0.15) is 39.5 Å². The lowest BCUT2D eigenvalue weighted by molar-refractivity contribution is 0.499. The van der Waals surface area contributed by atoms with Gasteiger partial charge in [-0.05, 0) is 40.4 Å². The van der Waals surface area contributed by atoms with E-state index in [-0.39, 0.29) is 0 Å². The number of thiophene rings is 1. The average molecular weight is 307 g/mol. The van der Waals surface area contributed by atoms with Crippen LogP contribution in [-0.4, -0.2) is 5.75 Å². The van der Waals surface area contributed by atoms with Gasteiger partial charge in [0, 0.05) is 5.75 Å². The lowest BCUT2D eigenvalue weighted by Crippen LogP contribution is -2.01. The van der Waals surface area contributed by atoms with Crippen LogP contribution in [0, 0.1) is 5.92 Å². The molecule has 0 nitrogen and oxygen atoms in total. The molecule has 15 heavy (non-hydrogen) atoms. The van der Waals surface area contributed by atoms with Gasteiger partial charge >= 0.3 is 0 Å². The van der Waals surface area contributed by atoms with Gasteiger partial charge < -0.3 is 0 Å². The molecule has 1 rings (SSSR count). The largest absolute Gasteiger partial charge is 0.122 e. The minimum atomic E-state index is 0.899. The zero-order chi connectivity index (χ0) is 11.1. The van der Waals surface area contributed by atoms with E-state index in [9.17, 15) is 0 Å².